The summed E-state index contributed by atoms with van der Waals surface area (Å²) in [5.41, 5.74) is 2.34. The molecule has 0 aliphatic carbocycles. The van der Waals surface area contributed by atoms with Crippen molar-refractivity contribution in [1.82, 2.24) is 14.4 Å². The minimum absolute atomic E-state index is 0.0805. The normalized spacial score (nSPS) is 14.7. The Balaban J connectivity index is 1.68. The largest absolute Gasteiger partial charge is 0.444 e. The van der Waals surface area contributed by atoms with Gasteiger partial charge in [0.25, 0.3) is 5.91 Å². The summed E-state index contributed by atoms with van der Waals surface area (Å²) < 4.78 is 7.52. The molecule has 6 nitrogen and oxygen atoms in total. The molecular weight excluding hydrogens is 402 g/mol. The van der Waals surface area contributed by atoms with E-state index in [1.165, 1.54) is 5.56 Å². The van der Waals surface area contributed by atoms with Crippen LogP contribution in [0.5, 0.6) is 0 Å². The zero-order valence-corrected chi connectivity index (χ0v) is 19.5. The molecule has 2 aromatic rings. The molecule has 1 aliphatic rings. The number of hydrogen-bond donors (Lipinski definition) is 0. The second kappa shape index (κ2) is 9.95. The molecule has 6 heteroatoms. The Labute approximate surface area is 191 Å². The molecule has 170 valence electrons. The number of aromatic nitrogens is 1. The lowest BCUT2D eigenvalue weighted by Crippen LogP contribution is -2.42. The molecule has 0 radical (unpaired) electrons. The smallest absolute Gasteiger partial charge is 0.410 e. The first-order valence-corrected chi connectivity index (χ1v) is 11.1. The van der Waals surface area contributed by atoms with Crippen molar-refractivity contribution in [2.24, 2.45) is 0 Å². The SMILES string of the molecule is C#CCN(Cc1ccc(C)cc1)C(=O)c1cccn1C1CCN(C(=O)OC(C)(C)C)CC1. The summed E-state index contributed by atoms with van der Waals surface area (Å²) in [6.45, 7) is 9.55. The summed E-state index contributed by atoms with van der Waals surface area (Å²) in [5, 5.41) is 0. The zero-order valence-electron chi connectivity index (χ0n) is 19.5. The van der Waals surface area contributed by atoms with Gasteiger partial charge in [-0.25, -0.2) is 4.79 Å². The fourth-order valence-electron chi connectivity index (χ4n) is 3.93. The Morgan fingerprint density at radius 3 is 2.41 bits per heavy atom. The van der Waals surface area contributed by atoms with Crippen molar-refractivity contribution in [2.45, 2.75) is 58.7 Å². The number of terminal acetylenes is 1. The number of benzene rings is 1. The lowest BCUT2D eigenvalue weighted by molar-refractivity contribution is 0.0186. The zero-order chi connectivity index (χ0) is 23.3. The number of likely N-dealkylation sites (tertiary alicyclic amines) is 1. The summed E-state index contributed by atoms with van der Waals surface area (Å²) in [6, 6.07) is 12.0. The predicted molar refractivity (Wildman–Crippen MR) is 125 cm³/mol. The van der Waals surface area contributed by atoms with Crippen LogP contribution in [0, 0.1) is 19.3 Å². The first kappa shape index (κ1) is 23.5. The van der Waals surface area contributed by atoms with E-state index in [2.05, 4.69) is 5.92 Å². The highest BCUT2D eigenvalue weighted by Crippen LogP contribution is 2.26. The van der Waals surface area contributed by atoms with Crippen LogP contribution in [0.25, 0.3) is 0 Å². The van der Waals surface area contributed by atoms with Gasteiger partial charge in [0.2, 0.25) is 0 Å². The van der Waals surface area contributed by atoms with E-state index in [4.69, 9.17) is 11.2 Å². The summed E-state index contributed by atoms with van der Waals surface area (Å²) in [6.07, 6.45) is 8.76. The Kier molecular flexibility index (Phi) is 7.29. The first-order chi connectivity index (χ1) is 15.2. The fourth-order valence-corrected chi connectivity index (χ4v) is 3.93. The molecule has 32 heavy (non-hydrogen) atoms. The van der Waals surface area contributed by atoms with Crippen molar-refractivity contribution >= 4 is 12.0 Å². The highest BCUT2D eigenvalue weighted by Gasteiger charge is 2.29. The van der Waals surface area contributed by atoms with Crippen LogP contribution in [0.3, 0.4) is 0 Å². The number of ether oxygens (including phenoxy) is 1. The molecule has 2 heterocycles. The Hall–Kier alpha value is -3.20. The van der Waals surface area contributed by atoms with Crippen molar-refractivity contribution in [3.63, 3.8) is 0 Å². The van der Waals surface area contributed by atoms with Crippen molar-refractivity contribution < 1.29 is 14.3 Å². The predicted octanol–water partition coefficient (Wildman–Crippen LogP) is 4.64. The van der Waals surface area contributed by atoms with Crippen LogP contribution in [-0.4, -0.2) is 51.6 Å². The van der Waals surface area contributed by atoms with Crippen molar-refractivity contribution in [2.75, 3.05) is 19.6 Å². The third kappa shape index (κ3) is 5.94. The van der Waals surface area contributed by atoms with Gasteiger partial charge in [0, 0.05) is 31.9 Å². The second-order valence-electron chi connectivity index (χ2n) is 9.35. The van der Waals surface area contributed by atoms with Gasteiger partial charge in [-0.1, -0.05) is 35.7 Å². The molecule has 1 saturated heterocycles. The van der Waals surface area contributed by atoms with Crippen molar-refractivity contribution in [3.8, 4) is 12.3 Å². The highest BCUT2D eigenvalue weighted by molar-refractivity contribution is 5.93. The second-order valence-corrected chi connectivity index (χ2v) is 9.35. The van der Waals surface area contributed by atoms with E-state index in [0.717, 1.165) is 18.4 Å². The number of piperidine rings is 1. The van der Waals surface area contributed by atoms with Gasteiger partial charge < -0.3 is 19.1 Å². The molecule has 1 aromatic carbocycles. The number of rotatable bonds is 5. The number of hydrogen-bond acceptors (Lipinski definition) is 3. The molecule has 3 rings (SSSR count). The maximum absolute atomic E-state index is 13.4. The third-order valence-corrected chi connectivity index (χ3v) is 5.57. The molecule has 1 fully saturated rings. The van der Waals surface area contributed by atoms with E-state index in [0.29, 0.717) is 25.3 Å². The highest BCUT2D eigenvalue weighted by atomic mass is 16.6. The molecular formula is C26H33N3O3. The van der Waals surface area contributed by atoms with E-state index in [-0.39, 0.29) is 24.6 Å². The van der Waals surface area contributed by atoms with Crippen molar-refractivity contribution in [1.29, 1.82) is 0 Å². The molecule has 1 aromatic heterocycles. The van der Waals surface area contributed by atoms with E-state index in [1.807, 2.05) is 74.9 Å². The standard InChI is InChI=1S/C26H33N3O3/c1-6-15-28(19-21-11-9-20(2)10-12-21)24(30)23-8-7-16-29(23)22-13-17-27(18-14-22)25(31)32-26(3,4)5/h1,7-12,16,22H,13-15,17-19H2,2-5H3. The van der Waals surface area contributed by atoms with Gasteiger partial charge in [0.15, 0.2) is 0 Å². The van der Waals surface area contributed by atoms with Crippen LogP contribution in [0.2, 0.25) is 0 Å². The quantitative estimate of drug-likeness (QED) is 0.643. The summed E-state index contributed by atoms with van der Waals surface area (Å²) in [4.78, 5) is 29.2. The Morgan fingerprint density at radius 1 is 1.16 bits per heavy atom. The number of amides is 2. The maximum atomic E-state index is 13.4. The van der Waals surface area contributed by atoms with E-state index in [1.54, 1.807) is 9.80 Å². The molecule has 0 atom stereocenters. The molecule has 0 spiro atoms. The molecule has 0 saturated carbocycles. The van der Waals surface area contributed by atoms with Crippen LogP contribution in [0.1, 0.15) is 61.3 Å². The topological polar surface area (TPSA) is 54.8 Å². The fraction of sp³-hybridized carbons (Fsp3) is 0.462. The molecule has 0 N–H and O–H groups in total. The molecule has 0 bridgehead atoms. The van der Waals surface area contributed by atoms with Crippen LogP contribution < -0.4 is 0 Å². The Morgan fingerprint density at radius 2 is 1.81 bits per heavy atom. The van der Waals surface area contributed by atoms with E-state index in [9.17, 15) is 9.59 Å². The monoisotopic (exact) mass is 435 g/mol. The summed E-state index contributed by atoms with van der Waals surface area (Å²) >= 11 is 0. The van der Waals surface area contributed by atoms with Gasteiger partial charge in [0.05, 0.1) is 6.54 Å². The van der Waals surface area contributed by atoms with Crippen LogP contribution in [-0.2, 0) is 11.3 Å². The number of carbonyl (C=O) groups excluding carboxylic acids is 2. The van der Waals surface area contributed by atoms with Crippen LogP contribution in [0.15, 0.2) is 42.6 Å². The minimum atomic E-state index is -0.508. The van der Waals surface area contributed by atoms with E-state index >= 15 is 0 Å². The van der Waals surface area contributed by atoms with Gasteiger partial charge in [-0.05, 0) is 58.2 Å². The average Bonchev–Trinajstić information content (AvgIpc) is 3.23. The lowest BCUT2D eigenvalue weighted by Gasteiger charge is -2.34. The Bertz CT molecular complexity index is 971. The van der Waals surface area contributed by atoms with Gasteiger partial charge >= 0.3 is 6.09 Å². The summed E-state index contributed by atoms with van der Waals surface area (Å²) in [7, 11) is 0. The molecule has 0 unspecified atom stereocenters. The van der Waals surface area contributed by atoms with Crippen LogP contribution >= 0.6 is 0 Å². The summed E-state index contributed by atoms with van der Waals surface area (Å²) in [5.74, 6) is 2.54. The number of aryl methyl sites for hydroxylation is 1. The minimum Gasteiger partial charge on any atom is -0.444 e. The van der Waals surface area contributed by atoms with Crippen LogP contribution in [0.4, 0.5) is 4.79 Å². The van der Waals surface area contributed by atoms with Crippen molar-refractivity contribution in [3.05, 3.63) is 59.4 Å². The van der Waals surface area contributed by atoms with Gasteiger partial charge in [0.1, 0.15) is 11.3 Å². The molecule has 1 aliphatic heterocycles. The van der Waals surface area contributed by atoms with Gasteiger partial charge in [-0.15, -0.1) is 6.42 Å². The van der Waals surface area contributed by atoms with Gasteiger partial charge in [-0.3, -0.25) is 4.79 Å². The third-order valence-electron chi connectivity index (χ3n) is 5.57. The number of carbonyl (C=O) groups is 2. The first-order valence-electron chi connectivity index (χ1n) is 11.1. The molecule has 2 amide bonds. The maximum Gasteiger partial charge on any atom is 0.410 e. The lowest BCUT2D eigenvalue weighted by atomic mass is 10.0. The van der Waals surface area contributed by atoms with E-state index < -0.39 is 5.60 Å². The average molecular weight is 436 g/mol. The van der Waals surface area contributed by atoms with Gasteiger partial charge in [-0.2, -0.15) is 0 Å². The number of nitrogens with zero attached hydrogens (tertiary/aromatic N) is 3.